The van der Waals surface area contributed by atoms with Crippen LogP contribution >= 0.6 is 15.9 Å². The largest absolute Gasteiger partial charge is 0.264 e. The van der Waals surface area contributed by atoms with Gasteiger partial charge in [0.05, 0.1) is 0 Å². The van der Waals surface area contributed by atoms with E-state index in [1.165, 1.54) is 0 Å². The number of pyridine rings is 1. The second kappa shape index (κ2) is 5.60. The van der Waals surface area contributed by atoms with E-state index < -0.39 is 0 Å². The number of halogens is 1. The third-order valence-electron chi connectivity index (χ3n) is 2.41. The van der Waals surface area contributed by atoms with Crippen molar-refractivity contribution in [1.29, 1.82) is 0 Å². The fourth-order valence-corrected chi connectivity index (χ4v) is 1.89. The molecular formula is C15H12BrN. The van der Waals surface area contributed by atoms with Crippen LogP contribution in [0.25, 0.3) is 5.57 Å². The summed E-state index contributed by atoms with van der Waals surface area (Å²) in [7, 11) is 0. The molecule has 0 N–H and O–H groups in total. The van der Waals surface area contributed by atoms with Crippen molar-refractivity contribution >= 4 is 21.5 Å². The highest BCUT2D eigenvalue weighted by Gasteiger charge is 2.03. The van der Waals surface area contributed by atoms with Crippen LogP contribution in [0.5, 0.6) is 0 Å². The predicted molar refractivity (Wildman–Crippen MR) is 75.7 cm³/mol. The zero-order valence-corrected chi connectivity index (χ0v) is 10.9. The molecule has 84 valence electrons. The summed E-state index contributed by atoms with van der Waals surface area (Å²) in [5, 5.41) is 0. The summed E-state index contributed by atoms with van der Waals surface area (Å²) in [4.78, 5) is 4.15. The lowest BCUT2D eigenvalue weighted by Crippen LogP contribution is -1.88. The van der Waals surface area contributed by atoms with Crippen molar-refractivity contribution in [2.24, 2.45) is 0 Å². The summed E-state index contributed by atoms with van der Waals surface area (Å²) in [6.45, 7) is 3.76. The zero-order valence-electron chi connectivity index (χ0n) is 9.31. The molecule has 0 bridgehead atoms. The second-order valence-corrected chi connectivity index (χ2v) is 4.48. The number of allylic oxidation sites excluding steroid dienone is 2. The number of hydrogen-bond donors (Lipinski definition) is 0. The van der Waals surface area contributed by atoms with E-state index in [2.05, 4.69) is 39.6 Å². The first kappa shape index (κ1) is 11.8. The van der Waals surface area contributed by atoms with E-state index >= 15 is 0 Å². The molecule has 0 fully saturated rings. The number of hydrogen-bond acceptors (Lipinski definition) is 1. The van der Waals surface area contributed by atoms with E-state index in [0.29, 0.717) is 0 Å². The van der Waals surface area contributed by atoms with Gasteiger partial charge in [0.1, 0.15) is 0 Å². The molecule has 0 spiro atoms. The first-order valence-corrected chi connectivity index (χ1v) is 6.09. The average molecular weight is 286 g/mol. The molecular weight excluding hydrogens is 274 g/mol. The normalized spacial score (nSPS) is 11.2. The minimum atomic E-state index is 1.07. The van der Waals surface area contributed by atoms with Crippen LogP contribution in [0.1, 0.15) is 11.1 Å². The Balaban J connectivity index is 2.47. The smallest absolute Gasteiger partial charge is 0.0346 e. The standard InChI is InChI=1S/C15H12BrN/c1-2-4-15(13-5-3-10-17-11-13)12-6-8-14(16)9-7-12/h2-11H,1H2/b15-4-. The summed E-state index contributed by atoms with van der Waals surface area (Å²) < 4.78 is 1.07. The maximum Gasteiger partial charge on any atom is 0.0346 e. The lowest BCUT2D eigenvalue weighted by Gasteiger charge is -2.07. The fourth-order valence-electron chi connectivity index (χ4n) is 1.63. The predicted octanol–water partition coefficient (Wildman–Crippen LogP) is 4.46. The van der Waals surface area contributed by atoms with Crippen LogP contribution in [0, 0.1) is 0 Å². The third-order valence-corrected chi connectivity index (χ3v) is 2.94. The Hall–Kier alpha value is -1.67. The van der Waals surface area contributed by atoms with Crippen molar-refractivity contribution < 1.29 is 0 Å². The Morgan fingerprint density at radius 1 is 1.12 bits per heavy atom. The summed E-state index contributed by atoms with van der Waals surface area (Å²) in [6.07, 6.45) is 7.43. The molecule has 0 radical (unpaired) electrons. The molecule has 0 amide bonds. The Morgan fingerprint density at radius 2 is 1.88 bits per heavy atom. The van der Waals surface area contributed by atoms with Gasteiger partial charge in [0.25, 0.3) is 0 Å². The summed E-state index contributed by atoms with van der Waals surface area (Å²) in [6, 6.07) is 12.2. The van der Waals surface area contributed by atoms with Crippen molar-refractivity contribution in [1.82, 2.24) is 4.98 Å². The first-order chi connectivity index (χ1) is 8.31. The first-order valence-electron chi connectivity index (χ1n) is 5.30. The van der Waals surface area contributed by atoms with E-state index in [0.717, 1.165) is 21.2 Å². The molecule has 1 aromatic carbocycles. The van der Waals surface area contributed by atoms with E-state index in [4.69, 9.17) is 0 Å². The van der Waals surface area contributed by atoms with Gasteiger partial charge in [-0.05, 0) is 29.3 Å². The Kier molecular flexibility index (Phi) is 3.89. The maximum absolute atomic E-state index is 4.15. The van der Waals surface area contributed by atoms with Crippen LogP contribution in [0.4, 0.5) is 0 Å². The van der Waals surface area contributed by atoms with Gasteiger partial charge >= 0.3 is 0 Å². The molecule has 2 aromatic rings. The highest BCUT2D eigenvalue weighted by atomic mass is 79.9. The topological polar surface area (TPSA) is 12.9 Å². The molecule has 0 aliphatic rings. The van der Waals surface area contributed by atoms with Crippen LogP contribution in [0.15, 0.2) is 72.0 Å². The lowest BCUT2D eigenvalue weighted by atomic mass is 9.99. The van der Waals surface area contributed by atoms with Gasteiger partial charge in [-0.2, -0.15) is 0 Å². The highest BCUT2D eigenvalue weighted by Crippen LogP contribution is 2.24. The van der Waals surface area contributed by atoms with Gasteiger partial charge in [0.2, 0.25) is 0 Å². The zero-order chi connectivity index (χ0) is 12.1. The van der Waals surface area contributed by atoms with Crippen molar-refractivity contribution in [3.63, 3.8) is 0 Å². The van der Waals surface area contributed by atoms with E-state index in [1.54, 1.807) is 12.3 Å². The van der Waals surface area contributed by atoms with Crippen LogP contribution in [-0.2, 0) is 0 Å². The lowest BCUT2D eigenvalue weighted by molar-refractivity contribution is 1.31. The monoisotopic (exact) mass is 285 g/mol. The molecule has 1 aromatic heterocycles. The van der Waals surface area contributed by atoms with E-state index in [9.17, 15) is 0 Å². The van der Waals surface area contributed by atoms with Crippen LogP contribution < -0.4 is 0 Å². The van der Waals surface area contributed by atoms with Crippen molar-refractivity contribution in [2.75, 3.05) is 0 Å². The number of nitrogens with zero attached hydrogens (tertiary/aromatic N) is 1. The minimum Gasteiger partial charge on any atom is -0.264 e. The molecule has 0 saturated carbocycles. The van der Waals surface area contributed by atoms with Gasteiger partial charge in [0, 0.05) is 22.4 Å². The molecule has 2 heteroatoms. The van der Waals surface area contributed by atoms with Crippen LogP contribution in [-0.4, -0.2) is 4.98 Å². The maximum atomic E-state index is 4.15. The second-order valence-electron chi connectivity index (χ2n) is 3.56. The summed E-state index contributed by atoms with van der Waals surface area (Å²) >= 11 is 3.44. The molecule has 0 unspecified atom stereocenters. The van der Waals surface area contributed by atoms with Gasteiger partial charge < -0.3 is 0 Å². The van der Waals surface area contributed by atoms with Crippen molar-refractivity contribution in [3.8, 4) is 0 Å². The Labute approximate surface area is 110 Å². The molecule has 1 nitrogen and oxygen atoms in total. The van der Waals surface area contributed by atoms with Gasteiger partial charge in [-0.1, -0.05) is 52.9 Å². The van der Waals surface area contributed by atoms with Crippen LogP contribution in [0.3, 0.4) is 0 Å². The van der Waals surface area contributed by atoms with Crippen LogP contribution in [0.2, 0.25) is 0 Å². The molecule has 2 rings (SSSR count). The summed E-state index contributed by atoms with van der Waals surface area (Å²) in [5.41, 5.74) is 3.37. The van der Waals surface area contributed by atoms with Crippen molar-refractivity contribution in [3.05, 3.63) is 83.1 Å². The minimum absolute atomic E-state index is 1.07. The quantitative estimate of drug-likeness (QED) is 0.759. The number of rotatable bonds is 3. The number of benzene rings is 1. The van der Waals surface area contributed by atoms with E-state index in [1.807, 2.05) is 36.5 Å². The third kappa shape index (κ3) is 2.92. The molecule has 0 aliphatic carbocycles. The highest BCUT2D eigenvalue weighted by molar-refractivity contribution is 9.10. The summed E-state index contributed by atoms with van der Waals surface area (Å²) in [5.74, 6) is 0. The molecule has 0 atom stereocenters. The van der Waals surface area contributed by atoms with Gasteiger partial charge in [-0.15, -0.1) is 0 Å². The number of aromatic nitrogens is 1. The van der Waals surface area contributed by atoms with E-state index in [-0.39, 0.29) is 0 Å². The Bertz CT molecular complexity index is 527. The molecule has 0 aliphatic heterocycles. The molecule has 17 heavy (non-hydrogen) atoms. The SMILES string of the molecule is C=C/C=C(/c1ccc(Br)cc1)c1cccnc1. The Morgan fingerprint density at radius 3 is 2.47 bits per heavy atom. The molecule has 0 saturated heterocycles. The van der Waals surface area contributed by atoms with Gasteiger partial charge in [-0.3, -0.25) is 4.98 Å². The van der Waals surface area contributed by atoms with Crippen molar-refractivity contribution in [2.45, 2.75) is 0 Å². The van der Waals surface area contributed by atoms with Gasteiger partial charge in [-0.25, -0.2) is 0 Å². The fraction of sp³-hybridized carbons (Fsp3) is 0. The molecule has 1 heterocycles. The van der Waals surface area contributed by atoms with Gasteiger partial charge in [0.15, 0.2) is 0 Å². The average Bonchev–Trinajstić information content (AvgIpc) is 2.38.